The van der Waals surface area contributed by atoms with Gasteiger partial charge in [0.2, 0.25) is 0 Å². The van der Waals surface area contributed by atoms with E-state index in [1.165, 1.54) is 29.8 Å². The number of benzene rings is 1. The lowest BCUT2D eigenvalue weighted by Gasteiger charge is -2.29. The molecule has 1 unspecified atom stereocenters. The maximum absolute atomic E-state index is 14.1. The van der Waals surface area contributed by atoms with E-state index in [0.717, 1.165) is 61.2 Å². The molecule has 10 heteroatoms. The molecule has 2 saturated heterocycles. The number of hydrogen-bond acceptors (Lipinski definition) is 8. The first-order valence-corrected chi connectivity index (χ1v) is 12.8. The van der Waals surface area contributed by atoms with Crippen molar-refractivity contribution in [1.82, 2.24) is 20.2 Å². The van der Waals surface area contributed by atoms with E-state index >= 15 is 0 Å². The smallest absolute Gasteiger partial charge is 0.261 e. The normalized spacial score (nSPS) is 19.6. The van der Waals surface area contributed by atoms with Crippen molar-refractivity contribution in [2.45, 2.75) is 44.8 Å². The number of hydrogen-bond donors (Lipinski definition) is 2. The third-order valence-corrected chi connectivity index (χ3v) is 7.79. The second-order valence-electron chi connectivity index (χ2n) is 9.23. The van der Waals surface area contributed by atoms with Gasteiger partial charge in [0.05, 0.1) is 22.6 Å². The molecular formula is C25H30FN5O3S. The van der Waals surface area contributed by atoms with Crippen LogP contribution in [0.15, 0.2) is 24.5 Å². The summed E-state index contributed by atoms with van der Waals surface area (Å²) in [7, 11) is 2.10. The van der Waals surface area contributed by atoms with E-state index in [1.54, 1.807) is 6.07 Å². The first kappa shape index (κ1) is 23.9. The van der Waals surface area contributed by atoms with Crippen molar-refractivity contribution in [1.29, 1.82) is 0 Å². The predicted octanol–water partition coefficient (Wildman–Crippen LogP) is 4.26. The summed E-state index contributed by atoms with van der Waals surface area (Å²) in [5, 5.41) is 7.27. The average molecular weight is 500 g/mol. The number of fused-ring (bicyclic) bond motifs is 1. The van der Waals surface area contributed by atoms with E-state index in [0.29, 0.717) is 28.7 Å². The third-order valence-electron chi connectivity index (χ3n) is 6.60. The second-order valence-corrected chi connectivity index (χ2v) is 10.2. The van der Waals surface area contributed by atoms with Gasteiger partial charge in [-0.25, -0.2) is 14.4 Å². The van der Waals surface area contributed by atoms with Gasteiger partial charge in [-0.2, -0.15) is 0 Å². The fourth-order valence-electron chi connectivity index (χ4n) is 4.60. The van der Waals surface area contributed by atoms with Crippen molar-refractivity contribution < 1.29 is 18.7 Å². The van der Waals surface area contributed by atoms with Crippen LogP contribution in [0.25, 0.3) is 10.2 Å². The van der Waals surface area contributed by atoms with E-state index < -0.39 is 0 Å². The number of aromatic nitrogens is 2. The lowest BCUT2D eigenvalue weighted by Crippen LogP contribution is -2.43. The van der Waals surface area contributed by atoms with Gasteiger partial charge < -0.3 is 25.0 Å². The Kier molecular flexibility index (Phi) is 7.12. The van der Waals surface area contributed by atoms with Crippen LogP contribution in [-0.4, -0.2) is 66.3 Å². The van der Waals surface area contributed by atoms with E-state index in [9.17, 15) is 9.18 Å². The zero-order chi connectivity index (χ0) is 24.4. The van der Waals surface area contributed by atoms with E-state index in [4.69, 9.17) is 9.47 Å². The number of thiophene rings is 1. The molecule has 3 aromatic rings. The third kappa shape index (κ3) is 5.39. The van der Waals surface area contributed by atoms with E-state index in [1.807, 2.05) is 6.92 Å². The van der Waals surface area contributed by atoms with E-state index in [2.05, 4.69) is 32.5 Å². The Morgan fingerprint density at radius 1 is 1.26 bits per heavy atom. The van der Waals surface area contributed by atoms with Crippen LogP contribution in [-0.2, 0) is 4.74 Å². The molecular weight excluding hydrogens is 469 g/mol. The molecule has 0 saturated carbocycles. The first-order chi connectivity index (χ1) is 17.0. The molecule has 2 aromatic heterocycles. The van der Waals surface area contributed by atoms with Crippen LogP contribution in [0, 0.1) is 12.7 Å². The molecule has 0 spiro atoms. The monoisotopic (exact) mass is 499 g/mol. The number of nitrogens with one attached hydrogen (secondary N) is 2. The molecule has 2 aliphatic rings. The minimum absolute atomic E-state index is 0.0749. The molecule has 2 fully saturated rings. The Morgan fingerprint density at radius 2 is 2.09 bits per heavy atom. The van der Waals surface area contributed by atoms with Crippen molar-refractivity contribution in [3.8, 4) is 5.75 Å². The van der Waals surface area contributed by atoms with Gasteiger partial charge in [-0.05, 0) is 70.4 Å². The van der Waals surface area contributed by atoms with Crippen LogP contribution in [0.5, 0.6) is 5.75 Å². The predicted molar refractivity (Wildman–Crippen MR) is 134 cm³/mol. The van der Waals surface area contributed by atoms with Crippen LogP contribution in [0.4, 0.5) is 15.9 Å². The number of ether oxygens (including phenoxy) is 2. The van der Waals surface area contributed by atoms with Crippen molar-refractivity contribution in [3.05, 3.63) is 40.8 Å². The minimum Gasteiger partial charge on any atom is -0.486 e. The van der Waals surface area contributed by atoms with Gasteiger partial charge in [-0.1, -0.05) is 0 Å². The summed E-state index contributed by atoms with van der Waals surface area (Å²) in [5.41, 5.74) is 1.42. The van der Waals surface area contributed by atoms with Crippen LogP contribution in [0.1, 0.15) is 40.9 Å². The molecule has 35 heavy (non-hydrogen) atoms. The highest BCUT2D eigenvalue weighted by Gasteiger charge is 2.24. The molecule has 2 aliphatic heterocycles. The highest BCUT2D eigenvalue weighted by Crippen LogP contribution is 2.37. The Labute approximate surface area is 207 Å². The second kappa shape index (κ2) is 10.4. The summed E-state index contributed by atoms with van der Waals surface area (Å²) in [5.74, 6) is 0.502. The molecule has 1 atom stereocenters. The van der Waals surface area contributed by atoms with E-state index in [-0.39, 0.29) is 23.9 Å². The number of carbonyl (C=O) groups is 1. The number of rotatable bonds is 6. The number of halogens is 1. The molecule has 1 aromatic carbocycles. The zero-order valence-electron chi connectivity index (χ0n) is 20.0. The molecule has 5 rings (SSSR count). The molecule has 8 nitrogen and oxygen atoms in total. The summed E-state index contributed by atoms with van der Waals surface area (Å²) in [6, 6.07) is 4.56. The lowest BCUT2D eigenvalue weighted by molar-refractivity contribution is 0.00763. The fourth-order valence-corrected chi connectivity index (χ4v) is 5.65. The summed E-state index contributed by atoms with van der Waals surface area (Å²) in [6.07, 6.45) is 4.99. The summed E-state index contributed by atoms with van der Waals surface area (Å²) >= 11 is 1.36. The van der Waals surface area contributed by atoms with Crippen LogP contribution in [0.2, 0.25) is 0 Å². The standard InChI is InChI=1S/C25H30FN5O3S/c1-15-21-23(30-19-6-5-16(26)12-20(19)34-18-4-3-11-33-13-18)27-14-28-25(21)35-22(15)24(32)29-17-7-9-31(2)10-8-17/h5-6,12,14,17-18H,3-4,7-11,13H2,1-2H3,(H,29,32)(H,27,28,30). The van der Waals surface area contributed by atoms with Gasteiger partial charge in [0, 0.05) is 18.7 Å². The summed E-state index contributed by atoms with van der Waals surface area (Å²) in [4.78, 5) is 25.6. The molecule has 1 amide bonds. The lowest BCUT2D eigenvalue weighted by atomic mass is 10.1. The number of aryl methyl sites for hydroxylation is 1. The maximum Gasteiger partial charge on any atom is 0.261 e. The first-order valence-electron chi connectivity index (χ1n) is 12.0. The van der Waals surface area contributed by atoms with Gasteiger partial charge in [0.1, 0.15) is 34.6 Å². The van der Waals surface area contributed by atoms with Gasteiger partial charge in [0.25, 0.3) is 5.91 Å². The number of nitrogens with zero attached hydrogens (tertiary/aromatic N) is 3. The van der Waals surface area contributed by atoms with Crippen LogP contribution >= 0.6 is 11.3 Å². The average Bonchev–Trinajstić information content (AvgIpc) is 3.20. The van der Waals surface area contributed by atoms with Crippen molar-refractivity contribution >= 4 is 39.0 Å². The zero-order valence-corrected chi connectivity index (χ0v) is 20.8. The van der Waals surface area contributed by atoms with Crippen molar-refractivity contribution in [2.24, 2.45) is 0 Å². The minimum atomic E-state index is -0.380. The van der Waals surface area contributed by atoms with Crippen molar-refractivity contribution in [3.63, 3.8) is 0 Å². The molecule has 186 valence electrons. The Balaban J connectivity index is 1.40. The summed E-state index contributed by atoms with van der Waals surface area (Å²) in [6.45, 7) is 5.07. The number of likely N-dealkylation sites (tertiary alicyclic amines) is 1. The molecule has 2 N–H and O–H groups in total. The topological polar surface area (TPSA) is 88.6 Å². The SMILES string of the molecule is Cc1c(C(=O)NC2CCN(C)CC2)sc2ncnc(Nc3ccc(F)cc3OC3CCCOC3)c12. The Morgan fingerprint density at radius 3 is 2.86 bits per heavy atom. The van der Waals surface area contributed by atoms with Gasteiger partial charge in [-0.3, -0.25) is 4.79 Å². The summed E-state index contributed by atoms with van der Waals surface area (Å²) < 4.78 is 25.6. The number of amides is 1. The number of piperidine rings is 1. The highest BCUT2D eigenvalue weighted by molar-refractivity contribution is 7.20. The fraction of sp³-hybridized carbons (Fsp3) is 0.480. The van der Waals surface area contributed by atoms with Crippen LogP contribution < -0.4 is 15.4 Å². The molecule has 4 heterocycles. The van der Waals surface area contributed by atoms with Gasteiger partial charge in [0.15, 0.2) is 0 Å². The Hall–Kier alpha value is -2.82. The Bertz CT molecular complexity index is 1210. The highest BCUT2D eigenvalue weighted by atomic mass is 32.1. The van der Waals surface area contributed by atoms with Gasteiger partial charge in [-0.15, -0.1) is 11.3 Å². The molecule has 0 aliphatic carbocycles. The number of anilines is 2. The number of carbonyl (C=O) groups excluding carboxylic acids is 1. The largest absolute Gasteiger partial charge is 0.486 e. The van der Waals surface area contributed by atoms with Gasteiger partial charge >= 0.3 is 0 Å². The van der Waals surface area contributed by atoms with Crippen molar-refractivity contribution in [2.75, 3.05) is 38.7 Å². The maximum atomic E-state index is 14.1. The van der Waals surface area contributed by atoms with Crippen LogP contribution in [0.3, 0.4) is 0 Å². The quantitative estimate of drug-likeness (QED) is 0.524. The molecule has 0 bridgehead atoms. The molecule has 0 radical (unpaired) electrons.